The zero-order chi connectivity index (χ0) is 21.1. The van der Waals surface area contributed by atoms with Gasteiger partial charge in [-0.15, -0.1) is 0 Å². The third-order valence-corrected chi connectivity index (χ3v) is 4.34. The van der Waals surface area contributed by atoms with E-state index in [-0.39, 0.29) is 12.2 Å². The molecule has 0 saturated heterocycles. The number of hydrogen-bond acceptors (Lipinski definition) is 6. The zero-order valence-corrected chi connectivity index (χ0v) is 16.1. The molecule has 1 heterocycles. The highest BCUT2D eigenvalue weighted by Crippen LogP contribution is 2.28. The lowest BCUT2D eigenvalue weighted by molar-refractivity contribution is 0.0684. The van der Waals surface area contributed by atoms with Gasteiger partial charge in [0.05, 0.1) is 26.5 Å². The van der Waals surface area contributed by atoms with E-state index in [0.29, 0.717) is 17.1 Å². The summed E-state index contributed by atoms with van der Waals surface area (Å²) in [5, 5.41) is 13.2. The lowest BCUT2D eigenvalue weighted by Gasteiger charge is -2.13. The molecule has 9 nitrogen and oxygen atoms in total. The minimum atomic E-state index is -1.53. The summed E-state index contributed by atoms with van der Waals surface area (Å²) in [7, 11) is 2.89. The van der Waals surface area contributed by atoms with Crippen LogP contribution < -0.4 is 20.7 Å². The molecule has 9 heteroatoms. The van der Waals surface area contributed by atoms with Crippen molar-refractivity contribution in [2.75, 3.05) is 14.2 Å². The number of carboxylic acids is 1. The van der Waals surface area contributed by atoms with Crippen LogP contribution in [-0.2, 0) is 6.54 Å². The predicted molar refractivity (Wildman–Crippen MR) is 104 cm³/mol. The molecule has 0 bridgehead atoms. The van der Waals surface area contributed by atoms with Crippen LogP contribution in [0.5, 0.6) is 11.5 Å². The first-order valence-electron chi connectivity index (χ1n) is 8.61. The van der Waals surface area contributed by atoms with Crippen molar-refractivity contribution in [3.63, 3.8) is 0 Å². The van der Waals surface area contributed by atoms with Crippen molar-refractivity contribution in [3.8, 4) is 17.2 Å². The fourth-order valence-corrected chi connectivity index (χ4v) is 2.79. The smallest absolute Gasteiger partial charge is 0.362 e. The lowest BCUT2D eigenvalue weighted by Crippen LogP contribution is -2.44. The predicted octanol–water partition coefficient (Wildman–Crippen LogP) is 1.47. The molecular formula is C20H19N3O6. The van der Waals surface area contributed by atoms with Gasteiger partial charge in [0.25, 0.3) is 5.56 Å². The van der Waals surface area contributed by atoms with Gasteiger partial charge < -0.3 is 14.6 Å². The molecule has 0 unspecified atom stereocenters. The standard InChI is InChI=1S/C20H19N3O6/c1-12-4-6-13(7-5-12)11-22-18(24)17(19(25)26)21-23(20(22)27)14-8-9-15(28-2)16(10-14)29-3/h4-10H,11H2,1-3H3,(H,25,26). The fraction of sp³-hybridized carbons (Fsp3) is 0.200. The maximum Gasteiger partial charge on any atom is 0.362 e. The van der Waals surface area contributed by atoms with Gasteiger partial charge in [-0.05, 0) is 24.6 Å². The summed E-state index contributed by atoms with van der Waals surface area (Å²) in [4.78, 5) is 37.1. The van der Waals surface area contributed by atoms with E-state index in [1.54, 1.807) is 18.2 Å². The number of aromatic nitrogens is 3. The van der Waals surface area contributed by atoms with E-state index in [0.717, 1.165) is 14.8 Å². The Kier molecular flexibility index (Phi) is 5.49. The van der Waals surface area contributed by atoms with Crippen LogP contribution in [0.1, 0.15) is 21.6 Å². The molecule has 0 atom stereocenters. The van der Waals surface area contributed by atoms with Gasteiger partial charge >= 0.3 is 11.7 Å². The summed E-state index contributed by atoms with van der Waals surface area (Å²) in [5.74, 6) is -0.774. The molecule has 0 fully saturated rings. The van der Waals surface area contributed by atoms with Crippen molar-refractivity contribution >= 4 is 5.97 Å². The van der Waals surface area contributed by atoms with E-state index in [2.05, 4.69) is 5.10 Å². The number of aromatic carboxylic acids is 1. The summed E-state index contributed by atoms with van der Waals surface area (Å²) in [6, 6.07) is 11.8. The minimum absolute atomic E-state index is 0.0892. The third-order valence-electron chi connectivity index (χ3n) is 4.34. The van der Waals surface area contributed by atoms with E-state index >= 15 is 0 Å². The average molecular weight is 397 g/mol. The SMILES string of the molecule is COc1ccc(-n2nc(C(=O)O)c(=O)n(Cc3ccc(C)cc3)c2=O)cc1OC. The van der Waals surface area contributed by atoms with Crippen LogP contribution in [0.4, 0.5) is 0 Å². The lowest BCUT2D eigenvalue weighted by atomic mass is 10.1. The largest absolute Gasteiger partial charge is 0.493 e. The Morgan fingerprint density at radius 3 is 2.28 bits per heavy atom. The van der Waals surface area contributed by atoms with Crippen molar-refractivity contribution in [2.24, 2.45) is 0 Å². The first kappa shape index (κ1) is 19.9. The number of carboxylic acid groups (broad SMARTS) is 1. The van der Waals surface area contributed by atoms with E-state index in [1.807, 2.05) is 19.1 Å². The Balaban J connectivity index is 2.22. The van der Waals surface area contributed by atoms with Crippen LogP contribution in [0.15, 0.2) is 52.1 Å². The number of hydrogen-bond donors (Lipinski definition) is 1. The van der Waals surface area contributed by atoms with Crippen LogP contribution >= 0.6 is 0 Å². The number of rotatable bonds is 6. The van der Waals surface area contributed by atoms with Crippen LogP contribution in [-0.4, -0.2) is 39.6 Å². The van der Waals surface area contributed by atoms with Gasteiger partial charge in [-0.25, -0.2) is 9.59 Å². The molecule has 0 amide bonds. The average Bonchev–Trinajstić information content (AvgIpc) is 2.71. The first-order valence-corrected chi connectivity index (χ1v) is 8.61. The maximum atomic E-state index is 13.0. The Morgan fingerprint density at radius 2 is 1.69 bits per heavy atom. The molecule has 0 aliphatic rings. The van der Waals surface area contributed by atoms with Gasteiger partial charge in [-0.3, -0.25) is 9.36 Å². The number of aryl methyl sites for hydroxylation is 1. The highest BCUT2D eigenvalue weighted by Gasteiger charge is 2.20. The highest BCUT2D eigenvalue weighted by molar-refractivity contribution is 5.84. The van der Waals surface area contributed by atoms with Crippen molar-refractivity contribution < 1.29 is 19.4 Å². The summed E-state index contributed by atoms with van der Waals surface area (Å²) < 4.78 is 12.1. The number of carbonyl (C=O) groups is 1. The normalized spacial score (nSPS) is 10.6. The second-order valence-electron chi connectivity index (χ2n) is 6.26. The zero-order valence-electron chi connectivity index (χ0n) is 16.1. The Morgan fingerprint density at radius 1 is 1.03 bits per heavy atom. The van der Waals surface area contributed by atoms with E-state index < -0.39 is 22.9 Å². The van der Waals surface area contributed by atoms with Crippen molar-refractivity contribution in [2.45, 2.75) is 13.5 Å². The van der Waals surface area contributed by atoms with E-state index in [9.17, 15) is 19.5 Å². The Hall–Kier alpha value is -3.88. The molecule has 1 aromatic heterocycles. The van der Waals surface area contributed by atoms with Crippen molar-refractivity contribution in [1.29, 1.82) is 0 Å². The molecular weight excluding hydrogens is 378 g/mol. The number of nitrogens with zero attached hydrogens (tertiary/aromatic N) is 3. The Labute approximate surface area is 165 Å². The summed E-state index contributed by atoms with van der Waals surface area (Å²) >= 11 is 0. The first-order chi connectivity index (χ1) is 13.8. The minimum Gasteiger partial charge on any atom is -0.493 e. The monoisotopic (exact) mass is 397 g/mol. The maximum absolute atomic E-state index is 13.0. The fourth-order valence-electron chi connectivity index (χ4n) is 2.79. The molecule has 0 aliphatic carbocycles. The summed E-state index contributed by atoms with van der Waals surface area (Å²) in [5.41, 5.74) is -0.576. The van der Waals surface area contributed by atoms with Gasteiger partial charge in [0, 0.05) is 6.07 Å². The number of benzene rings is 2. The molecule has 0 saturated carbocycles. The van der Waals surface area contributed by atoms with E-state index in [4.69, 9.17) is 9.47 Å². The van der Waals surface area contributed by atoms with E-state index in [1.165, 1.54) is 26.4 Å². The quantitative estimate of drug-likeness (QED) is 0.670. The van der Waals surface area contributed by atoms with Gasteiger partial charge in [0.2, 0.25) is 5.69 Å². The van der Waals surface area contributed by atoms with Crippen LogP contribution in [0, 0.1) is 6.92 Å². The van der Waals surface area contributed by atoms with Crippen LogP contribution in [0.25, 0.3) is 5.69 Å². The number of methoxy groups -OCH3 is 2. The van der Waals surface area contributed by atoms with Gasteiger partial charge in [-0.1, -0.05) is 29.8 Å². The van der Waals surface area contributed by atoms with Crippen molar-refractivity contribution in [1.82, 2.24) is 14.3 Å². The molecule has 2 aromatic carbocycles. The molecule has 3 aromatic rings. The van der Waals surface area contributed by atoms with Gasteiger partial charge in [0.1, 0.15) is 0 Å². The van der Waals surface area contributed by atoms with Crippen LogP contribution in [0.2, 0.25) is 0 Å². The topological polar surface area (TPSA) is 113 Å². The molecule has 150 valence electrons. The molecule has 29 heavy (non-hydrogen) atoms. The third kappa shape index (κ3) is 3.88. The Bertz CT molecular complexity index is 1180. The molecule has 0 aliphatic heterocycles. The number of ether oxygens (including phenoxy) is 2. The second-order valence-corrected chi connectivity index (χ2v) is 6.26. The summed E-state index contributed by atoms with van der Waals surface area (Å²) in [6.07, 6.45) is 0. The van der Waals surface area contributed by atoms with Gasteiger partial charge in [0.15, 0.2) is 11.5 Å². The van der Waals surface area contributed by atoms with Gasteiger partial charge in [-0.2, -0.15) is 9.78 Å². The molecule has 0 spiro atoms. The molecule has 0 radical (unpaired) electrons. The van der Waals surface area contributed by atoms with Crippen LogP contribution in [0.3, 0.4) is 0 Å². The molecule has 3 rings (SSSR count). The highest BCUT2D eigenvalue weighted by atomic mass is 16.5. The van der Waals surface area contributed by atoms with Crippen molar-refractivity contribution in [3.05, 3.63) is 80.1 Å². The molecule has 1 N–H and O–H groups in total. The summed E-state index contributed by atoms with van der Waals surface area (Å²) in [6.45, 7) is 1.82. The second kappa shape index (κ2) is 8.01.